The highest BCUT2D eigenvalue weighted by Gasteiger charge is 2.30. The van der Waals surface area contributed by atoms with E-state index in [9.17, 15) is 29.4 Å². The molecule has 0 spiro atoms. The summed E-state index contributed by atoms with van der Waals surface area (Å²) in [5.41, 5.74) is 7.29. The number of nitrogens with one attached hydrogen (secondary N) is 4. The maximum Gasteiger partial charge on any atom is 0.326 e. The first-order valence-electron chi connectivity index (χ1n) is 10.7. The van der Waals surface area contributed by atoms with Crippen LogP contribution in [0.4, 0.5) is 0 Å². The Bertz CT molecular complexity index is 1030. The highest BCUT2D eigenvalue weighted by atomic mass is 32.1. The highest BCUT2D eigenvalue weighted by molar-refractivity contribution is 7.80. The van der Waals surface area contributed by atoms with Gasteiger partial charge in [-0.25, -0.2) is 4.79 Å². The Morgan fingerprint density at radius 3 is 2.18 bits per heavy atom. The summed E-state index contributed by atoms with van der Waals surface area (Å²) in [6.07, 6.45) is 1.65. The van der Waals surface area contributed by atoms with Crippen molar-refractivity contribution in [3.63, 3.8) is 0 Å². The molecule has 0 aliphatic carbocycles. The van der Waals surface area contributed by atoms with Gasteiger partial charge in [0.15, 0.2) is 0 Å². The van der Waals surface area contributed by atoms with Gasteiger partial charge in [0, 0.05) is 29.3 Å². The van der Waals surface area contributed by atoms with E-state index < -0.39 is 54.5 Å². The summed E-state index contributed by atoms with van der Waals surface area (Å²) in [5, 5.41) is 27.2. The molecule has 34 heavy (non-hydrogen) atoms. The van der Waals surface area contributed by atoms with Gasteiger partial charge in [-0.2, -0.15) is 12.6 Å². The Balaban J connectivity index is 2.05. The molecule has 3 amide bonds. The number of carbonyl (C=O) groups excluding carboxylic acids is 3. The minimum absolute atomic E-state index is 0.0143. The van der Waals surface area contributed by atoms with Crippen molar-refractivity contribution in [3.8, 4) is 0 Å². The van der Waals surface area contributed by atoms with Crippen LogP contribution >= 0.6 is 12.6 Å². The normalized spacial score (nSPS) is 14.8. The molecule has 4 atom stereocenters. The van der Waals surface area contributed by atoms with Crippen LogP contribution in [0, 0.1) is 5.92 Å². The Morgan fingerprint density at radius 2 is 1.59 bits per heavy atom. The largest absolute Gasteiger partial charge is 0.480 e. The van der Waals surface area contributed by atoms with Crippen LogP contribution in [-0.2, 0) is 25.6 Å². The molecule has 1 heterocycles. The maximum atomic E-state index is 12.7. The number of carbonyl (C=O) groups is 4. The number of amides is 3. The number of aromatic amines is 1. The zero-order valence-electron chi connectivity index (χ0n) is 18.9. The van der Waals surface area contributed by atoms with Gasteiger partial charge in [-0.05, 0) is 17.5 Å². The molecule has 1 aromatic carbocycles. The molecule has 0 aliphatic rings. The number of aliphatic carboxylic acids is 1. The van der Waals surface area contributed by atoms with E-state index in [1.807, 2.05) is 24.3 Å². The molecule has 8 N–H and O–H groups in total. The van der Waals surface area contributed by atoms with Crippen LogP contribution < -0.4 is 21.7 Å². The minimum atomic E-state index is -1.43. The number of aromatic nitrogens is 1. The second-order valence-corrected chi connectivity index (χ2v) is 8.59. The molecule has 4 unspecified atom stereocenters. The molecule has 0 bridgehead atoms. The molecule has 0 aliphatic heterocycles. The van der Waals surface area contributed by atoms with Gasteiger partial charge < -0.3 is 36.9 Å². The lowest BCUT2D eigenvalue weighted by molar-refractivity contribution is -0.142. The molecular weight excluding hydrogens is 462 g/mol. The summed E-state index contributed by atoms with van der Waals surface area (Å²) in [4.78, 5) is 52.2. The van der Waals surface area contributed by atoms with Crippen molar-refractivity contribution < 1.29 is 29.4 Å². The number of H-pyrrole nitrogens is 1. The van der Waals surface area contributed by atoms with Gasteiger partial charge in [0.2, 0.25) is 17.7 Å². The number of nitrogens with two attached hydrogens (primary N) is 1. The fourth-order valence-corrected chi connectivity index (χ4v) is 3.48. The summed E-state index contributed by atoms with van der Waals surface area (Å²) < 4.78 is 0. The van der Waals surface area contributed by atoms with Crippen molar-refractivity contribution in [2.75, 3.05) is 12.4 Å². The summed E-state index contributed by atoms with van der Waals surface area (Å²) >= 11 is 4.05. The van der Waals surface area contributed by atoms with Gasteiger partial charge in [-0.15, -0.1) is 0 Å². The molecule has 0 saturated heterocycles. The van der Waals surface area contributed by atoms with Gasteiger partial charge >= 0.3 is 5.97 Å². The first-order chi connectivity index (χ1) is 16.1. The van der Waals surface area contributed by atoms with Crippen LogP contribution in [0.15, 0.2) is 30.5 Å². The smallest absolute Gasteiger partial charge is 0.326 e. The van der Waals surface area contributed by atoms with E-state index in [0.29, 0.717) is 5.56 Å². The standard InChI is InChI=1S/C22H31N5O6S/c1-11(2)18(23)21(31)27-17(10-34)20(30)26-16(9-28)19(29)25-15(22(32)33)7-12-8-24-14-6-4-3-5-13(12)14/h3-6,8,11,15-18,24,28,34H,7,9-10,23H2,1-2H3,(H,25,29)(H,26,30)(H,27,31)(H,32,33). The molecule has 0 radical (unpaired) electrons. The molecule has 2 aromatic rings. The van der Waals surface area contributed by atoms with E-state index in [0.717, 1.165) is 10.9 Å². The van der Waals surface area contributed by atoms with Crippen LogP contribution in [0.3, 0.4) is 0 Å². The molecule has 11 nitrogen and oxygen atoms in total. The molecule has 186 valence electrons. The van der Waals surface area contributed by atoms with Crippen LogP contribution in [0.25, 0.3) is 10.9 Å². The van der Waals surface area contributed by atoms with Crippen LogP contribution in [0.5, 0.6) is 0 Å². The number of hydrogen-bond acceptors (Lipinski definition) is 7. The summed E-state index contributed by atoms with van der Waals surface area (Å²) in [7, 11) is 0. The van der Waals surface area contributed by atoms with Crippen molar-refractivity contribution in [1.82, 2.24) is 20.9 Å². The monoisotopic (exact) mass is 493 g/mol. The number of thiol groups is 1. The summed E-state index contributed by atoms with van der Waals surface area (Å²) in [6, 6.07) is 2.64. The first-order valence-corrected chi connectivity index (χ1v) is 11.4. The Morgan fingerprint density at radius 1 is 1.00 bits per heavy atom. The van der Waals surface area contributed by atoms with Gasteiger partial charge in [-0.1, -0.05) is 32.0 Å². The maximum absolute atomic E-state index is 12.7. The second-order valence-electron chi connectivity index (χ2n) is 8.22. The van der Waals surface area contributed by atoms with Crippen molar-refractivity contribution >= 4 is 47.2 Å². The minimum Gasteiger partial charge on any atom is -0.480 e. The third-order valence-corrected chi connectivity index (χ3v) is 5.73. The first kappa shape index (κ1) is 27.2. The average molecular weight is 494 g/mol. The molecule has 0 fully saturated rings. The lowest BCUT2D eigenvalue weighted by Crippen LogP contribution is -2.59. The number of hydrogen-bond donors (Lipinski definition) is 8. The predicted molar refractivity (Wildman–Crippen MR) is 129 cm³/mol. The molecule has 1 aromatic heterocycles. The predicted octanol–water partition coefficient (Wildman–Crippen LogP) is -0.845. The second kappa shape index (κ2) is 12.4. The van der Waals surface area contributed by atoms with Gasteiger partial charge in [0.25, 0.3) is 0 Å². The Labute approximate surface area is 202 Å². The number of aliphatic hydroxyl groups excluding tert-OH is 1. The lowest BCUT2D eigenvalue weighted by Gasteiger charge is -2.24. The van der Waals surface area contributed by atoms with Crippen LogP contribution in [0.2, 0.25) is 0 Å². The van der Waals surface area contributed by atoms with E-state index in [1.165, 1.54) is 0 Å². The number of para-hydroxylation sites is 1. The fourth-order valence-electron chi connectivity index (χ4n) is 3.22. The quantitative estimate of drug-likeness (QED) is 0.177. The van der Waals surface area contributed by atoms with E-state index >= 15 is 0 Å². The van der Waals surface area contributed by atoms with Crippen molar-refractivity contribution in [2.45, 2.75) is 44.4 Å². The zero-order valence-corrected chi connectivity index (χ0v) is 19.8. The van der Waals surface area contributed by atoms with Crippen LogP contribution in [0.1, 0.15) is 19.4 Å². The highest BCUT2D eigenvalue weighted by Crippen LogP contribution is 2.19. The molecule has 12 heteroatoms. The van der Waals surface area contributed by atoms with Crippen LogP contribution in [-0.4, -0.2) is 75.4 Å². The van der Waals surface area contributed by atoms with E-state index in [-0.39, 0.29) is 18.1 Å². The van der Waals surface area contributed by atoms with E-state index in [1.54, 1.807) is 20.0 Å². The van der Waals surface area contributed by atoms with E-state index in [4.69, 9.17) is 5.73 Å². The number of rotatable bonds is 12. The Kier molecular flexibility index (Phi) is 9.90. The number of carboxylic acid groups (broad SMARTS) is 1. The third-order valence-electron chi connectivity index (χ3n) is 5.37. The zero-order chi connectivity index (χ0) is 25.4. The summed E-state index contributed by atoms with van der Waals surface area (Å²) in [6.45, 7) is 2.72. The van der Waals surface area contributed by atoms with E-state index in [2.05, 4.69) is 33.6 Å². The van der Waals surface area contributed by atoms with Gasteiger partial charge in [-0.3, -0.25) is 14.4 Å². The molecule has 2 rings (SSSR count). The fraction of sp³-hybridized carbons (Fsp3) is 0.455. The molecule has 0 saturated carbocycles. The number of fused-ring (bicyclic) bond motifs is 1. The summed E-state index contributed by atoms with van der Waals surface area (Å²) in [5.74, 6) is -3.72. The number of aliphatic hydroxyl groups is 1. The van der Waals surface area contributed by atoms with Crippen molar-refractivity contribution in [3.05, 3.63) is 36.0 Å². The van der Waals surface area contributed by atoms with Gasteiger partial charge in [0.05, 0.1) is 12.6 Å². The topological polar surface area (TPSA) is 187 Å². The van der Waals surface area contributed by atoms with Crippen molar-refractivity contribution in [1.29, 1.82) is 0 Å². The lowest BCUT2D eigenvalue weighted by atomic mass is 10.0. The van der Waals surface area contributed by atoms with Crippen molar-refractivity contribution in [2.24, 2.45) is 11.7 Å². The number of benzene rings is 1. The van der Waals surface area contributed by atoms with Gasteiger partial charge in [0.1, 0.15) is 18.1 Å². The Hall–Kier alpha value is -3.09. The average Bonchev–Trinajstić information content (AvgIpc) is 3.22. The number of carboxylic acids is 1. The SMILES string of the molecule is CC(C)C(N)C(=O)NC(CS)C(=O)NC(CO)C(=O)NC(Cc1c[nH]c2ccccc12)C(=O)O. The third kappa shape index (κ3) is 6.95. The molecular formula is C22H31N5O6S.